The summed E-state index contributed by atoms with van der Waals surface area (Å²) in [7, 11) is 1.47. The van der Waals surface area contributed by atoms with Gasteiger partial charge in [-0.05, 0) is 49.4 Å². The number of nitrogens with zero attached hydrogens (tertiary/aromatic N) is 7. The van der Waals surface area contributed by atoms with Gasteiger partial charge in [0.1, 0.15) is 11.6 Å². The van der Waals surface area contributed by atoms with E-state index in [1.807, 2.05) is 12.1 Å². The molecule has 0 amide bonds. The third kappa shape index (κ3) is 3.77. The Hall–Kier alpha value is -3.22. The summed E-state index contributed by atoms with van der Waals surface area (Å²) in [5.41, 5.74) is 2.23. The van der Waals surface area contributed by atoms with Crippen LogP contribution < -0.4 is 9.64 Å². The van der Waals surface area contributed by atoms with Gasteiger partial charge in [0.25, 0.3) is 0 Å². The molecule has 2 aliphatic carbocycles. The maximum atomic E-state index is 13.8. The van der Waals surface area contributed by atoms with E-state index in [1.165, 1.54) is 13.3 Å². The van der Waals surface area contributed by atoms with Crippen molar-refractivity contribution in [3.05, 3.63) is 58.5 Å². The van der Waals surface area contributed by atoms with Crippen molar-refractivity contribution in [2.75, 3.05) is 31.6 Å². The zero-order chi connectivity index (χ0) is 25.4. The van der Waals surface area contributed by atoms with E-state index < -0.39 is 5.82 Å². The number of nitriles is 1. The number of aromatic nitrogens is 4. The molecule has 7 rings (SSSR count). The number of ether oxygens (including phenoxy) is 1. The van der Waals surface area contributed by atoms with Crippen LogP contribution in [-0.4, -0.2) is 51.4 Å². The van der Waals surface area contributed by atoms with Crippen molar-refractivity contribution in [3.63, 3.8) is 0 Å². The monoisotopic (exact) mass is 519 g/mol. The van der Waals surface area contributed by atoms with Crippen LogP contribution in [0.5, 0.6) is 5.75 Å². The Morgan fingerprint density at radius 1 is 1.19 bits per heavy atom. The Labute approximate surface area is 219 Å². The molecule has 1 saturated heterocycles. The molecule has 0 atom stereocenters. The van der Waals surface area contributed by atoms with E-state index in [-0.39, 0.29) is 16.6 Å². The van der Waals surface area contributed by atoms with Gasteiger partial charge in [0, 0.05) is 48.6 Å². The van der Waals surface area contributed by atoms with E-state index in [0.29, 0.717) is 17.5 Å². The Morgan fingerprint density at radius 3 is 2.73 bits per heavy atom. The second kappa shape index (κ2) is 8.14. The molecule has 3 fully saturated rings. The van der Waals surface area contributed by atoms with Gasteiger partial charge in [-0.2, -0.15) is 5.26 Å². The van der Waals surface area contributed by atoms with Crippen LogP contribution in [0.4, 0.5) is 10.2 Å². The molecule has 0 bridgehead atoms. The molecular formula is C27H27ClFN7O. The standard InChI is InChI=1S/C27H27ClFN7O/c1-37-22-7-23(31-10-20(22)29)35-15-27(16-35)8-18(9-27)25-33-32-24-12-34(14-26(13-30)4-5-26)11-17-6-19(28)2-3-21(17)36(24)25/h2-3,6-7,10,18H,4-5,8-9,11-12,14-16H2,1H3. The number of pyridine rings is 1. The summed E-state index contributed by atoms with van der Waals surface area (Å²) in [4.78, 5) is 8.75. The van der Waals surface area contributed by atoms with Crippen molar-refractivity contribution < 1.29 is 9.13 Å². The van der Waals surface area contributed by atoms with Crippen molar-refractivity contribution in [3.8, 4) is 17.5 Å². The molecule has 2 saturated carbocycles. The number of methoxy groups -OCH3 is 1. The number of halogens is 2. The van der Waals surface area contributed by atoms with Crippen LogP contribution in [0, 0.1) is 28.0 Å². The average molecular weight is 520 g/mol. The summed E-state index contributed by atoms with van der Waals surface area (Å²) < 4.78 is 21.1. The fourth-order valence-corrected chi connectivity index (χ4v) is 6.64. The first-order valence-electron chi connectivity index (χ1n) is 12.7. The number of anilines is 1. The number of benzene rings is 1. The van der Waals surface area contributed by atoms with Crippen LogP contribution in [0.1, 0.15) is 48.8 Å². The third-order valence-corrected chi connectivity index (χ3v) is 8.77. The predicted molar refractivity (Wildman–Crippen MR) is 135 cm³/mol. The molecule has 8 nitrogen and oxygen atoms in total. The largest absolute Gasteiger partial charge is 0.493 e. The van der Waals surface area contributed by atoms with Crippen LogP contribution in [0.15, 0.2) is 30.5 Å². The summed E-state index contributed by atoms with van der Waals surface area (Å²) >= 11 is 6.40. The number of hydrogen-bond donors (Lipinski definition) is 0. The summed E-state index contributed by atoms with van der Waals surface area (Å²) in [6.07, 6.45) is 5.21. The molecule has 10 heteroatoms. The lowest BCUT2D eigenvalue weighted by molar-refractivity contribution is 0.0581. The van der Waals surface area contributed by atoms with Gasteiger partial charge in [0.05, 0.1) is 37.0 Å². The van der Waals surface area contributed by atoms with Crippen LogP contribution in [0.25, 0.3) is 5.69 Å². The minimum atomic E-state index is -0.447. The Kier molecular flexibility index (Phi) is 5.05. The highest BCUT2D eigenvalue weighted by atomic mass is 35.5. The Morgan fingerprint density at radius 2 is 2.00 bits per heavy atom. The molecule has 0 unspecified atom stereocenters. The van der Waals surface area contributed by atoms with E-state index in [4.69, 9.17) is 16.3 Å². The number of rotatable bonds is 5. The Balaban J connectivity index is 1.11. The lowest BCUT2D eigenvalue weighted by atomic mass is 9.57. The summed E-state index contributed by atoms with van der Waals surface area (Å²) in [6, 6.07) is 10.2. The Bertz CT molecular complexity index is 1430. The van der Waals surface area contributed by atoms with Crippen molar-refractivity contribution in [2.24, 2.45) is 10.8 Å². The molecule has 4 heterocycles. The number of hydrogen-bond acceptors (Lipinski definition) is 7. The predicted octanol–water partition coefficient (Wildman–Crippen LogP) is 4.47. The molecule has 1 aromatic carbocycles. The molecule has 190 valence electrons. The molecular weight excluding hydrogens is 493 g/mol. The quantitative estimate of drug-likeness (QED) is 0.492. The first-order chi connectivity index (χ1) is 17.9. The van der Waals surface area contributed by atoms with Crippen LogP contribution in [0.2, 0.25) is 5.02 Å². The van der Waals surface area contributed by atoms with Gasteiger partial charge in [-0.1, -0.05) is 11.6 Å². The van der Waals surface area contributed by atoms with Gasteiger partial charge >= 0.3 is 0 Å². The van der Waals surface area contributed by atoms with Gasteiger partial charge in [-0.25, -0.2) is 9.37 Å². The molecule has 37 heavy (non-hydrogen) atoms. The topological polar surface area (TPSA) is 83.1 Å². The maximum Gasteiger partial charge on any atom is 0.183 e. The smallest absolute Gasteiger partial charge is 0.183 e. The second-order valence-electron chi connectivity index (χ2n) is 11.3. The van der Waals surface area contributed by atoms with Gasteiger partial charge in [-0.15, -0.1) is 10.2 Å². The van der Waals surface area contributed by atoms with Gasteiger partial charge < -0.3 is 9.64 Å². The van der Waals surface area contributed by atoms with Gasteiger partial charge in [0.2, 0.25) is 0 Å². The zero-order valence-electron chi connectivity index (χ0n) is 20.6. The highest BCUT2D eigenvalue weighted by molar-refractivity contribution is 6.30. The van der Waals surface area contributed by atoms with Crippen LogP contribution in [0.3, 0.4) is 0 Å². The van der Waals surface area contributed by atoms with E-state index >= 15 is 0 Å². The van der Waals surface area contributed by atoms with E-state index in [2.05, 4.69) is 41.7 Å². The molecule has 0 radical (unpaired) electrons. The minimum Gasteiger partial charge on any atom is -0.493 e. The van der Waals surface area contributed by atoms with E-state index in [0.717, 1.165) is 80.6 Å². The van der Waals surface area contributed by atoms with Crippen molar-refractivity contribution in [2.45, 2.75) is 44.7 Å². The highest BCUT2D eigenvalue weighted by Crippen LogP contribution is 2.57. The summed E-state index contributed by atoms with van der Waals surface area (Å²) in [6.45, 7) is 3.92. The number of fused-ring (bicyclic) bond motifs is 3. The summed E-state index contributed by atoms with van der Waals surface area (Å²) in [5, 5.41) is 19.7. The van der Waals surface area contributed by atoms with Crippen molar-refractivity contribution >= 4 is 17.4 Å². The van der Waals surface area contributed by atoms with Gasteiger partial charge in [0.15, 0.2) is 17.4 Å². The molecule has 2 aliphatic heterocycles. The van der Waals surface area contributed by atoms with E-state index in [9.17, 15) is 9.65 Å². The first-order valence-corrected chi connectivity index (χ1v) is 13.1. The fourth-order valence-electron chi connectivity index (χ4n) is 6.44. The van der Waals surface area contributed by atoms with Gasteiger partial charge in [-0.3, -0.25) is 9.47 Å². The SMILES string of the molecule is COc1cc(N2CC3(CC(c4nnc5n4-c4ccc(Cl)cc4CN(CC4(C#N)CC4)C5)C3)C2)ncc1F. The normalized spacial score (nSPS) is 21.3. The molecule has 0 N–H and O–H groups in total. The lowest BCUT2D eigenvalue weighted by Gasteiger charge is -2.59. The average Bonchev–Trinajstić information content (AvgIpc) is 3.53. The fraction of sp³-hybridized carbons (Fsp3) is 0.481. The maximum absolute atomic E-state index is 13.8. The zero-order valence-corrected chi connectivity index (χ0v) is 21.4. The van der Waals surface area contributed by atoms with Crippen LogP contribution in [-0.2, 0) is 13.1 Å². The van der Waals surface area contributed by atoms with Crippen LogP contribution >= 0.6 is 11.6 Å². The summed E-state index contributed by atoms with van der Waals surface area (Å²) in [5.74, 6) is 2.77. The van der Waals surface area contributed by atoms with Crippen molar-refractivity contribution in [1.82, 2.24) is 24.6 Å². The lowest BCUT2D eigenvalue weighted by Crippen LogP contribution is -2.62. The molecule has 1 spiro atoms. The third-order valence-electron chi connectivity index (χ3n) is 8.54. The molecule has 4 aliphatic rings. The van der Waals surface area contributed by atoms with Crippen molar-refractivity contribution in [1.29, 1.82) is 5.26 Å². The van der Waals surface area contributed by atoms with E-state index in [1.54, 1.807) is 6.07 Å². The molecule has 3 aromatic rings. The second-order valence-corrected chi connectivity index (χ2v) is 11.7. The highest BCUT2D eigenvalue weighted by Gasteiger charge is 2.54. The first kappa shape index (κ1) is 22.9. The minimum absolute atomic E-state index is 0.221. The molecule has 2 aromatic heterocycles.